The van der Waals surface area contributed by atoms with E-state index in [9.17, 15) is 4.79 Å². The average molecular weight is 342 g/mol. The van der Waals surface area contributed by atoms with E-state index in [-0.39, 0.29) is 5.91 Å². The Morgan fingerprint density at radius 2 is 2.21 bits per heavy atom. The average Bonchev–Trinajstić information content (AvgIpc) is 3.06. The number of carbonyl (C=O) groups is 1. The zero-order valence-electron chi connectivity index (χ0n) is 13.8. The number of thiazole rings is 1. The smallest absolute Gasteiger partial charge is 0.270 e. The highest BCUT2D eigenvalue weighted by Gasteiger charge is 2.51. The molecule has 1 amide bonds. The number of aromatic nitrogens is 1. The van der Waals surface area contributed by atoms with E-state index in [2.05, 4.69) is 15.6 Å². The molecule has 6 heteroatoms. The fourth-order valence-corrected chi connectivity index (χ4v) is 4.32. The first-order chi connectivity index (χ1) is 11.7. The summed E-state index contributed by atoms with van der Waals surface area (Å²) in [5.41, 5.74) is 1.90. The predicted octanol–water partition coefficient (Wildman–Crippen LogP) is 2.78. The summed E-state index contributed by atoms with van der Waals surface area (Å²) in [4.78, 5) is 18.9. The lowest BCUT2D eigenvalue weighted by Gasteiger charge is -2.18. The summed E-state index contributed by atoms with van der Waals surface area (Å²) in [6, 6.07) is 10.0. The van der Waals surface area contributed by atoms with Crippen molar-refractivity contribution in [2.24, 2.45) is 5.92 Å². The Kier molecular flexibility index (Phi) is 4.02. The van der Waals surface area contributed by atoms with E-state index in [0.717, 1.165) is 30.3 Å². The molecule has 24 heavy (non-hydrogen) atoms. The molecule has 1 aliphatic carbocycles. The Bertz CT molecular complexity index is 726. The molecule has 5 nitrogen and oxygen atoms in total. The van der Waals surface area contributed by atoms with E-state index in [1.165, 1.54) is 24.2 Å². The van der Waals surface area contributed by atoms with Crippen LogP contribution in [0.25, 0.3) is 0 Å². The molecular formula is C18H22N4OS. The maximum absolute atomic E-state index is 12.4. The van der Waals surface area contributed by atoms with Gasteiger partial charge in [0.2, 0.25) is 0 Å². The van der Waals surface area contributed by atoms with Crippen LogP contribution in [0.4, 0.5) is 10.8 Å². The van der Waals surface area contributed by atoms with E-state index >= 15 is 0 Å². The van der Waals surface area contributed by atoms with Crippen molar-refractivity contribution in [1.82, 2.24) is 15.6 Å². The molecule has 2 N–H and O–H groups in total. The molecular weight excluding hydrogens is 320 g/mol. The molecule has 1 aromatic carbocycles. The number of anilines is 2. The molecule has 0 bridgehead atoms. The number of amides is 1. The van der Waals surface area contributed by atoms with Gasteiger partial charge in [0.25, 0.3) is 5.91 Å². The summed E-state index contributed by atoms with van der Waals surface area (Å²) < 4.78 is 0. The highest BCUT2D eigenvalue weighted by molar-refractivity contribution is 7.14. The van der Waals surface area contributed by atoms with Gasteiger partial charge in [0.05, 0.1) is 0 Å². The Morgan fingerprint density at radius 1 is 1.42 bits per heavy atom. The van der Waals surface area contributed by atoms with E-state index < -0.39 is 0 Å². The second-order valence-corrected chi connectivity index (χ2v) is 7.52. The van der Waals surface area contributed by atoms with Gasteiger partial charge in [0.15, 0.2) is 5.13 Å². The first-order valence-electron chi connectivity index (χ1n) is 8.45. The van der Waals surface area contributed by atoms with Crippen molar-refractivity contribution >= 4 is 28.1 Å². The summed E-state index contributed by atoms with van der Waals surface area (Å²) in [5, 5.41) is 9.33. The van der Waals surface area contributed by atoms with Crippen molar-refractivity contribution in [2.75, 3.05) is 25.0 Å². The van der Waals surface area contributed by atoms with Crippen molar-refractivity contribution in [3.8, 4) is 0 Å². The normalized spacial score (nSPS) is 21.0. The molecule has 126 valence electrons. The summed E-state index contributed by atoms with van der Waals surface area (Å²) in [6.07, 6.45) is 3.64. The van der Waals surface area contributed by atoms with Gasteiger partial charge in [-0.05, 0) is 43.9 Å². The van der Waals surface area contributed by atoms with Gasteiger partial charge in [-0.3, -0.25) is 4.79 Å². The van der Waals surface area contributed by atoms with Crippen molar-refractivity contribution < 1.29 is 4.79 Å². The van der Waals surface area contributed by atoms with Gasteiger partial charge >= 0.3 is 0 Å². The predicted molar refractivity (Wildman–Crippen MR) is 97.0 cm³/mol. The van der Waals surface area contributed by atoms with Crippen molar-refractivity contribution in [2.45, 2.75) is 24.8 Å². The van der Waals surface area contributed by atoms with E-state index in [1.807, 2.05) is 47.7 Å². The lowest BCUT2D eigenvalue weighted by molar-refractivity contribution is 0.0941. The van der Waals surface area contributed by atoms with E-state index in [0.29, 0.717) is 17.2 Å². The molecule has 1 saturated heterocycles. The number of hydrogen-bond donors (Lipinski definition) is 2. The summed E-state index contributed by atoms with van der Waals surface area (Å²) >= 11 is 1.49. The molecule has 1 unspecified atom stereocenters. The SMILES string of the molecule is CN(c1ccccc1)c1nc(C(=O)NCC2CCNC23CC3)cs1. The van der Waals surface area contributed by atoms with Crippen LogP contribution in [0.1, 0.15) is 29.8 Å². The van der Waals surface area contributed by atoms with Gasteiger partial charge in [-0.1, -0.05) is 18.2 Å². The minimum Gasteiger partial charge on any atom is -0.350 e. The third-order valence-electron chi connectivity index (χ3n) is 5.20. The number of para-hydroxylation sites is 1. The zero-order valence-corrected chi connectivity index (χ0v) is 14.6. The van der Waals surface area contributed by atoms with E-state index in [4.69, 9.17) is 0 Å². The van der Waals surface area contributed by atoms with Crippen LogP contribution in [-0.4, -0.2) is 36.6 Å². The highest BCUT2D eigenvalue weighted by atomic mass is 32.1. The van der Waals surface area contributed by atoms with Crippen molar-refractivity contribution in [3.63, 3.8) is 0 Å². The highest BCUT2D eigenvalue weighted by Crippen LogP contribution is 2.46. The molecule has 1 atom stereocenters. The topological polar surface area (TPSA) is 57.3 Å². The molecule has 2 fully saturated rings. The molecule has 4 rings (SSSR count). The lowest BCUT2D eigenvalue weighted by Crippen LogP contribution is -2.37. The summed E-state index contributed by atoms with van der Waals surface area (Å²) in [6.45, 7) is 1.82. The van der Waals surface area contributed by atoms with Crippen molar-refractivity contribution in [3.05, 3.63) is 41.4 Å². The van der Waals surface area contributed by atoms with Gasteiger partial charge in [-0.25, -0.2) is 4.98 Å². The number of rotatable bonds is 5. The lowest BCUT2D eigenvalue weighted by atomic mass is 9.98. The number of nitrogens with zero attached hydrogens (tertiary/aromatic N) is 2. The van der Waals surface area contributed by atoms with E-state index in [1.54, 1.807) is 0 Å². The van der Waals surface area contributed by atoms with Crippen molar-refractivity contribution in [1.29, 1.82) is 0 Å². The van der Waals surface area contributed by atoms with Gasteiger partial charge in [-0.2, -0.15) is 0 Å². The van der Waals surface area contributed by atoms with Gasteiger partial charge in [-0.15, -0.1) is 11.3 Å². The molecule has 2 heterocycles. The molecule has 0 radical (unpaired) electrons. The molecule has 1 spiro atoms. The largest absolute Gasteiger partial charge is 0.350 e. The quantitative estimate of drug-likeness (QED) is 0.877. The Balaban J connectivity index is 1.38. The summed E-state index contributed by atoms with van der Waals surface area (Å²) in [7, 11) is 1.97. The maximum Gasteiger partial charge on any atom is 0.270 e. The Labute approximate surface area is 146 Å². The second kappa shape index (κ2) is 6.18. The second-order valence-electron chi connectivity index (χ2n) is 6.69. The number of carbonyl (C=O) groups excluding carboxylic acids is 1. The standard InChI is InChI=1S/C18H22N4OS/c1-22(14-5-3-2-4-6-14)17-21-15(12-24-17)16(23)19-11-13-7-10-20-18(13)8-9-18/h2-6,12-13,20H,7-11H2,1H3,(H,19,23). The van der Waals surface area contributed by atoms with Crippen LogP contribution in [0.15, 0.2) is 35.7 Å². The summed E-state index contributed by atoms with van der Waals surface area (Å²) in [5.74, 6) is 0.494. The van der Waals surface area contributed by atoms with Gasteiger partial charge < -0.3 is 15.5 Å². The molecule has 1 aromatic heterocycles. The monoisotopic (exact) mass is 342 g/mol. The molecule has 1 saturated carbocycles. The number of hydrogen-bond acceptors (Lipinski definition) is 5. The number of nitrogens with one attached hydrogen (secondary N) is 2. The minimum absolute atomic E-state index is 0.0679. The Hall–Kier alpha value is -1.92. The molecule has 1 aliphatic heterocycles. The van der Waals surface area contributed by atoms with Crippen LogP contribution < -0.4 is 15.5 Å². The molecule has 2 aliphatic rings. The van der Waals surface area contributed by atoms with Crippen LogP contribution in [0.5, 0.6) is 0 Å². The minimum atomic E-state index is -0.0679. The zero-order chi connectivity index (χ0) is 16.6. The van der Waals surface area contributed by atoms with Crippen LogP contribution in [0.2, 0.25) is 0 Å². The Morgan fingerprint density at radius 3 is 2.96 bits per heavy atom. The maximum atomic E-state index is 12.4. The van der Waals surface area contributed by atoms with Gasteiger partial charge in [0.1, 0.15) is 5.69 Å². The fraction of sp³-hybridized carbons (Fsp3) is 0.444. The van der Waals surface area contributed by atoms with Gasteiger partial charge in [0, 0.05) is 30.2 Å². The molecule has 2 aromatic rings. The number of benzene rings is 1. The van der Waals surface area contributed by atoms with Crippen LogP contribution >= 0.6 is 11.3 Å². The van der Waals surface area contributed by atoms with Crippen LogP contribution in [0, 0.1) is 5.92 Å². The fourth-order valence-electron chi connectivity index (χ4n) is 3.52. The third kappa shape index (κ3) is 2.91. The first-order valence-corrected chi connectivity index (χ1v) is 9.33. The third-order valence-corrected chi connectivity index (χ3v) is 6.12. The van der Waals surface area contributed by atoms with Crippen LogP contribution in [0.3, 0.4) is 0 Å². The first kappa shape index (κ1) is 15.6. The van der Waals surface area contributed by atoms with Crippen LogP contribution in [-0.2, 0) is 0 Å².